The summed E-state index contributed by atoms with van der Waals surface area (Å²) in [4.78, 5) is 0. The van der Waals surface area contributed by atoms with Gasteiger partial charge in [-0.05, 0) is 118 Å². The molecule has 0 radical (unpaired) electrons. The van der Waals surface area contributed by atoms with Crippen molar-refractivity contribution < 1.29 is 0 Å². The molecule has 0 aliphatic rings. The van der Waals surface area contributed by atoms with Gasteiger partial charge in [-0.25, -0.2) is 0 Å². The summed E-state index contributed by atoms with van der Waals surface area (Å²) in [5, 5.41) is 10.00. The molecule has 5 aromatic rings. The van der Waals surface area contributed by atoms with Crippen LogP contribution in [-0.4, -0.2) is 0 Å². The van der Waals surface area contributed by atoms with Gasteiger partial charge in [-0.2, -0.15) is 0 Å². The number of benzene rings is 5. The zero-order chi connectivity index (χ0) is 19.1. The first-order chi connectivity index (χ1) is 13.7. The highest BCUT2D eigenvalue weighted by atomic mass is 14.1. The minimum atomic E-state index is 1.06. The molecule has 0 bridgehead atoms. The molecule has 5 rings (SSSR count). The number of hydrogen-bond donors (Lipinski definition) is 0. The summed E-state index contributed by atoms with van der Waals surface area (Å²) in [5.41, 5.74) is 2.12. The van der Waals surface area contributed by atoms with Crippen LogP contribution in [0.4, 0.5) is 0 Å². The molecule has 5 aromatic carbocycles. The highest BCUT2D eigenvalue weighted by Crippen LogP contribution is 2.30. The van der Waals surface area contributed by atoms with Gasteiger partial charge >= 0.3 is 0 Å². The SMILES string of the molecule is CC#Cc1ccc2cc3cc4cc5cc(C#CC)ccc5cc4cc3cc2c1. The van der Waals surface area contributed by atoms with Gasteiger partial charge in [-0.15, -0.1) is 11.8 Å². The number of hydrogen-bond acceptors (Lipinski definition) is 0. The van der Waals surface area contributed by atoms with Crippen molar-refractivity contribution >= 4 is 43.1 Å². The van der Waals surface area contributed by atoms with Crippen molar-refractivity contribution in [1.29, 1.82) is 0 Å². The Kier molecular flexibility index (Phi) is 3.79. The van der Waals surface area contributed by atoms with Crippen molar-refractivity contribution in [2.75, 3.05) is 0 Å². The molecule has 0 saturated carbocycles. The molecular weight excluding hydrogens is 336 g/mol. The summed E-state index contributed by atoms with van der Waals surface area (Å²) in [5.74, 6) is 12.3. The largest absolute Gasteiger partial charge is 0.101 e. The lowest BCUT2D eigenvalue weighted by Crippen LogP contribution is -1.82. The van der Waals surface area contributed by atoms with E-state index in [4.69, 9.17) is 0 Å². The second-order valence-corrected chi connectivity index (χ2v) is 7.12. The zero-order valence-corrected chi connectivity index (χ0v) is 15.9. The summed E-state index contributed by atoms with van der Waals surface area (Å²) in [7, 11) is 0. The molecule has 0 saturated heterocycles. The van der Waals surface area contributed by atoms with Crippen LogP contribution >= 0.6 is 0 Å². The summed E-state index contributed by atoms with van der Waals surface area (Å²) in [6, 6.07) is 26.5. The van der Waals surface area contributed by atoms with Crippen LogP contribution in [0.5, 0.6) is 0 Å². The molecule has 0 fully saturated rings. The lowest BCUT2D eigenvalue weighted by atomic mass is 9.96. The molecule has 28 heavy (non-hydrogen) atoms. The molecule has 0 aromatic heterocycles. The molecule has 0 nitrogen and oxygen atoms in total. The minimum absolute atomic E-state index is 1.06. The van der Waals surface area contributed by atoms with Gasteiger partial charge in [0.15, 0.2) is 0 Å². The van der Waals surface area contributed by atoms with E-state index in [2.05, 4.69) is 96.5 Å². The van der Waals surface area contributed by atoms with Crippen molar-refractivity contribution in [3.8, 4) is 23.7 Å². The fourth-order valence-corrected chi connectivity index (χ4v) is 3.95. The van der Waals surface area contributed by atoms with Crippen molar-refractivity contribution in [3.05, 3.63) is 83.9 Å². The first kappa shape index (κ1) is 16.4. The van der Waals surface area contributed by atoms with E-state index in [1.165, 1.54) is 43.1 Å². The monoisotopic (exact) mass is 354 g/mol. The van der Waals surface area contributed by atoms with Crippen LogP contribution in [0, 0.1) is 23.7 Å². The molecular formula is C28H18. The predicted molar refractivity (Wildman–Crippen MR) is 122 cm³/mol. The van der Waals surface area contributed by atoms with Crippen molar-refractivity contribution in [2.45, 2.75) is 13.8 Å². The van der Waals surface area contributed by atoms with E-state index in [0.717, 1.165) is 11.1 Å². The first-order valence-corrected chi connectivity index (χ1v) is 9.44. The minimum Gasteiger partial charge on any atom is -0.101 e. The van der Waals surface area contributed by atoms with Crippen LogP contribution in [0.3, 0.4) is 0 Å². The molecule has 0 amide bonds. The van der Waals surface area contributed by atoms with Gasteiger partial charge < -0.3 is 0 Å². The Morgan fingerprint density at radius 3 is 1.07 bits per heavy atom. The van der Waals surface area contributed by atoms with Crippen LogP contribution in [0.25, 0.3) is 43.1 Å². The van der Waals surface area contributed by atoms with Gasteiger partial charge in [0.1, 0.15) is 0 Å². The first-order valence-electron chi connectivity index (χ1n) is 9.44. The van der Waals surface area contributed by atoms with Crippen LogP contribution in [0.15, 0.2) is 72.8 Å². The molecule has 0 spiro atoms. The molecule has 0 aliphatic carbocycles. The summed E-state index contributed by atoms with van der Waals surface area (Å²) in [6.07, 6.45) is 0. The summed E-state index contributed by atoms with van der Waals surface area (Å²) >= 11 is 0. The Labute approximate surface area is 164 Å². The fraction of sp³-hybridized carbons (Fsp3) is 0.0714. The second-order valence-electron chi connectivity index (χ2n) is 7.12. The van der Waals surface area contributed by atoms with Crippen molar-refractivity contribution in [1.82, 2.24) is 0 Å². The van der Waals surface area contributed by atoms with Crippen LogP contribution < -0.4 is 0 Å². The van der Waals surface area contributed by atoms with E-state index in [1.807, 2.05) is 13.8 Å². The van der Waals surface area contributed by atoms with E-state index in [0.29, 0.717) is 0 Å². The fourth-order valence-electron chi connectivity index (χ4n) is 3.95. The molecule has 0 heterocycles. The Bertz CT molecular complexity index is 1410. The van der Waals surface area contributed by atoms with Gasteiger partial charge in [0.05, 0.1) is 0 Å². The van der Waals surface area contributed by atoms with Gasteiger partial charge in [-0.3, -0.25) is 0 Å². The highest BCUT2D eigenvalue weighted by molar-refractivity contribution is 6.08. The maximum Gasteiger partial charge on any atom is 0.0251 e. The highest BCUT2D eigenvalue weighted by Gasteiger charge is 2.04. The lowest BCUT2D eigenvalue weighted by molar-refractivity contribution is 1.70. The molecule has 0 atom stereocenters. The average Bonchev–Trinajstić information content (AvgIpc) is 2.70. The molecule has 0 heteroatoms. The quantitative estimate of drug-likeness (QED) is 0.207. The normalized spacial score (nSPS) is 10.6. The van der Waals surface area contributed by atoms with E-state index >= 15 is 0 Å². The van der Waals surface area contributed by atoms with E-state index in [1.54, 1.807) is 0 Å². The summed E-state index contributed by atoms with van der Waals surface area (Å²) < 4.78 is 0. The zero-order valence-electron chi connectivity index (χ0n) is 15.9. The molecule has 0 unspecified atom stereocenters. The molecule has 0 aliphatic heterocycles. The summed E-state index contributed by atoms with van der Waals surface area (Å²) in [6.45, 7) is 3.75. The Balaban J connectivity index is 1.77. The standard InChI is InChI=1S/C28H18/c1-3-5-19-7-9-21-13-25-18-28-16-24-12-20(6-4-2)8-10-22(24)14-26(28)17-27(25)15-23(21)11-19/h7-18H,1-2H3. The van der Waals surface area contributed by atoms with Crippen LogP contribution in [0.1, 0.15) is 25.0 Å². The third kappa shape index (κ3) is 2.77. The van der Waals surface area contributed by atoms with Gasteiger partial charge in [0.25, 0.3) is 0 Å². The molecule has 130 valence electrons. The Morgan fingerprint density at radius 2 is 0.714 bits per heavy atom. The average molecular weight is 354 g/mol. The third-order valence-electron chi connectivity index (χ3n) is 5.24. The van der Waals surface area contributed by atoms with Gasteiger partial charge in [0.2, 0.25) is 0 Å². The predicted octanol–water partition coefficient (Wildman–Crippen LogP) is 7.04. The van der Waals surface area contributed by atoms with Crippen LogP contribution in [-0.2, 0) is 0 Å². The smallest absolute Gasteiger partial charge is 0.0251 e. The van der Waals surface area contributed by atoms with Crippen molar-refractivity contribution in [2.24, 2.45) is 0 Å². The second kappa shape index (κ2) is 6.45. The number of fused-ring (bicyclic) bond motifs is 4. The third-order valence-corrected chi connectivity index (χ3v) is 5.24. The molecule has 0 N–H and O–H groups in total. The lowest BCUT2D eigenvalue weighted by Gasteiger charge is -2.08. The number of rotatable bonds is 0. The Morgan fingerprint density at radius 1 is 0.393 bits per heavy atom. The van der Waals surface area contributed by atoms with Crippen molar-refractivity contribution in [3.63, 3.8) is 0 Å². The van der Waals surface area contributed by atoms with Gasteiger partial charge in [-0.1, -0.05) is 24.0 Å². The maximum absolute atomic E-state index is 3.15. The van der Waals surface area contributed by atoms with E-state index < -0.39 is 0 Å². The topological polar surface area (TPSA) is 0 Å². The Hall–Kier alpha value is -3.74. The van der Waals surface area contributed by atoms with E-state index in [9.17, 15) is 0 Å². The van der Waals surface area contributed by atoms with Crippen LogP contribution in [0.2, 0.25) is 0 Å². The van der Waals surface area contributed by atoms with Gasteiger partial charge in [0, 0.05) is 11.1 Å². The maximum atomic E-state index is 3.15. The van der Waals surface area contributed by atoms with E-state index in [-0.39, 0.29) is 0 Å².